The first-order chi connectivity index (χ1) is 17.1. The maximum Gasteiger partial charge on any atom is 0.419 e. The monoisotopic (exact) mass is 532 g/mol. The Morgan fingerprint density at radius 1 is 1.11 bits per heavy atom. The second-order valence-corrected chi connectivity index (χ2v) is 11.8. The summed E-state index contributed by atoms with van der Waals surface area (Å²) in [4.78, 5) is 29.2. The topological polar surface area (TPSA) is 105 Å². The van der Waals surface area contributed by atoms with Crippen molar-refractivity contribution in [2.75, 3.05) is 43.1 Å². The van der Waals surface area contributed by atoms with Crippen molar-refractivity contribution in [1.29, 1.82) is 0 Å². The summed E-state index contributed by atoms with van der Waals surface area (Å²) in [6.07, 6.45) is 2.30. The number of fused-ring (bicyclic) bond motifs is 1. The van der Waals surface area contributed by atoms with E-state index >= 15 is 0 Å². The Labute approximate surface area is 215 Å². The van der Waals surface area contributed by atoms with Crippen molar-refractivity contribution in [3.8, 4) is 0 Å². The number of hydrogen-bond donors (Lipinski definition) is 1. The van der Waals surface area contributed by atoms with E-state index in [1.807, 2.05) is 6.26 Å². The Kier molecular flexibility index (Phi) is 7.82. The number of nitrogens with one attached hydrogen (secondary N) is 1. The van der Waals surface area contributed by atoms with Crippen LogP contribution in [0.2, 0.25) is 0 Å². The lowest BCUT2D eigenvalue weighted by molar-refractivity contribution is -0.133. The number of benzene rings is 2. The number of amides is 1. The van der Waals surface area contributed by atoms with Crippen molar-refractivity contribution < 1.29 is 17.6 Å². The van der Waals surface area contributed by atoms with Crippen molar-refractivity contribution in [3.63, 3.8) is 0 Å². The molecule has 11 heteroatoms. The molecule has 9 nitrogen and oxygen atoms in total. The van der Waals surface area contributed by atoms with Crippen molar-refractivity contribution in [1.82, 2.24) is 14.2 Å². The number of aromatic nitrogens is 1. The molecular weight excluding hydrogens is 500 g/mol. The first kappa shape index (κ1) is 26.3. The van der Waals surface area contributed by atoms with E-state index in [4.69, 9.17) is 4.42 Å². The van der Waals surface area contributed by atoms with Crippen LogP contribution in [0.25, 0.3) is 11.1 Å². The molecular formula is C25H32N4O5S2. The van der Waals surface area contributed by atoms with E-state index in [1.54, 1.807) is 23.7 Å². The Balaban J connectivity index is 1.49. The first-order valence-electron chi connectivity index (χ1n) is 11.8. The van der Waals surface area contributed by atoms with Gasteiger partial charge in [-0.3, -0.25) is 9.36 Å². The molecule has 1 aliphatic rings. The van der Waals surface area contributed by atoms with Crippen LogP contribution in [-0.4, -0.2) is 68.0 Å². The van der Waals surface area contributed by atoms with E-state index in [9.17, 15) is 18.0 Å². The summed E-state index contributed by atoms with van der Waals surface area (Å²) < 4.78 is 35.5. The maximum atomic E-state index is 13.4. The van der Waals surface area contributed by atoms with Gasteiger partial charge >= 0.3 is 5.76 Å². The number of sulfonamides is 1. The summed E-state index contributed by atoms with van der Waals surface area (Å²) in [6.45, 7) is 6.55. The SMILES string of the molecule is CSCC[C@@H](NS(=O)(=O)c1ccc2c(c1)oc(=O)n2C)C(=O)N1CCN(c2cc(C)ccc2C)CC1. The number of carbonyl (C=O) groups is 1. The number of nitrogens with zero attached hydrogens (tertiary/aromatic N) is 3. The van der Waals surface area contributed by atoms with E-state index in [0.717, 1.165) is 0 Å². The highest BCUT2D eigenvalue weighted by Gasteiger charge is 2.31. The van der Waals surface area contributed by atoms with Crippen LogP contribution in [0, 0.1) is 13.8 Å². The molecule has 1 aliphatic heterocycles. The summed E-state index contributed by atoms with van der Waals surface area (Å²) in [5.41, 5.74) is 4.23. The Bertz CT molecular complexity index is 1420. The van der Waals surface area contributed by atoms with E-state index in [-0.39, 0.29) is 16.4 Å². The number of thioether (sulfide) groups is 1. The molecule has 0 bridgehead atoms. The van der Waals surface area contributed by atoms with Gasteiger partial charge in [0, 0.05) is 45.0 Å². The number of piperazine rings is 1. The van der Waals surface area contributed by atoms with Crippen LogP contribution >= 0.6 is 11.8 Å². The lowest BCUT2D eigenvalue weighted by Crippen LogP contribution is -2.55. The van der Waals surface area contributed by atoms with Crippen LogP contribution in [0.4, 0.5) is 5.69 Å². The predicted molar refractivity (Wildman–Crippen MR) is 143 cm³/mol. The molecule has 0 saturated carbocycles. The highest BCUT2D eigenvalue weighted by molar-refractivity contribution is 7.98. The van der Waals surface area contributed by atoms with Crippen LogP contribution in [0.5, 0.6) is 0 Å². The van der Waals surface area contributed by atoms with E-state index < -0.39 is 21.8 Å². The molecule has 36 heavy (non-hydrogen) atoms. The fourth-order valence-electron chi connectivity index (χ4n) is 4.45. The van der Waals surface area contributed by atoms with Gasteiger partial charge in [0.1, 0.15) is 6.04 Å². The number of rotatable bonds is 8. The van der Waals surface area contributed by atoms with Crippen LogP contribution in [0.3, 0.4) is 0 Å². The molecule has 3 aromatic rings. The zero-order chi connectivity index (χ0) is 26.0. The van der Waals surface area contributed by atoms with Gasteiger partial charge < -0.3 is 14.2 Å². The molecule has 1 saturated heterocycles. The predicted octanol–water partition coefficient (Wildman–Crippen LogP) is 2.50. The second-order valence-electron chi connectivity index (χ2n) is 9.11. The van der Waals surface area contributed by atoms with E-state index in [2.05, 4.69) is 41.7 Å². The van der Waals surface area contributed by atoms with Gasteiger partial charge in [0.05, 0.1) is 10.4 Å². The maximum absolute atomic E-state index is 13.4. The number of hydrogen-bond acceptors (Lipinski definition) is 7. The van der Waals surface area contributed by atoms with Gasteiger partial charge in [-0.25, -0.2) is 13.2 Å². The third-order valence-electron chi connectivity index (χ3n) is 6.58. The third kappa shape index (κ3) is 5.47. The fraction of sp³-hybridized carbons (Fsp3) is 0.440. The quantitative estimate of drug-likeness (QED) is 0.475. The zero-order valence-corrected chi connectivity index (χ0v) is 22.6. The normalized spacial score (nSPS) is 15.4. The summed E-state index contributed by atoms with van der Waals surface area (Å²) in [7, 11) is -2.47. The number of anilines is 1. The van der Waals surface area contributed by atoms with Crippen molar-refractivity contribution in [3.05, 3.63) is 58.1 Å². The molecule has 1 amide bonds. The molecule has 2 aromatic carbocycles. The molecule has 4 rings (SSSR count). The Morgan fingerprint density at radius 3 is 2.53 bits per heavy atom. The standard InChI is InChI=1S/C25H32N4O5S2/c1-17-5-6-18(2)22(15-17)28-10-12-29(13-11-28)24(30)20(9-14-35-4)26-36(32,33)19-7-8-21-23(16-19)34-25(31)27(21)3/h5-8,15-16,20,26H,9-14H2,1-4H3/t20-/m1/s1. The number of carbonyl (C=O) groups excluding carboxylic acids is 1. The molecule has 0 spiro atoms. The van der Waals surface area contributed by atoms with Crippen LogP contribution in [0.15, 0.2) is 50.5 Å². The zero-order valence-electron chi connectivity index (χ0n) is 21.0. The minimum atomic E-state index is -4.02. The molecule has 194 valence electrons. The van der Waals surface area contributed by atoms with Crippen LogP contribution < -0.4 is 15.4 Å². The molecule has 1 fully saturated rings. The summed E-state index contributed by atoms with van der Waals surface area (Å²) in [5.74, 6) is -0.158. The van der Waals surface area contributed by atoms with Gasteiger partial charge in [-0.2, -0.15) is 16.5 Å². The van der Waals surface area contributed by atoms with Gasteiger partial charge in [-0.05, 0) is 61.6 Å². The van der Waals surface area contributed by atoms with E-state index in [0.29, 0.717) is 43.9 Å². The lowest BCUT2D eigenvalue weighted by Gasteiger charge is -2.38. The van der Waals surface area contributed by atoms with Gasteiger partial charge in [-0.15, -0.1) is 0 Å². The molecule has 2 heterocycles. The smallest absolute Gasteiger partial charge is 0.408 e. The number of aryl methyl sites for hydroxylation is 3. The van der Waals surface area contributed by atoms with Crippen molar-refractivity contribution >= 4 is 44.5 Å². The average Bonchev–Trinajstić information content (AvgIpc) is 3.15. The van der Waals surface area contributed by atoms with Gasteiger partial charge in [0.2, 0.25) is 15.9 Å². The lowest BCUT2D eigenvalue weighted by atomic mass is 10.1. The highest BCUT2D eigenvalue weighted by Crippen LogP contribution is 2.24. The van der Waals surface area contributed by atoms with Crippen molar-refractivity contribution in [2.45, 2.75) is 31.2 Å². The molecule has 1 N–H and O–H groups in total. The molecule has 0 radical (unpaired) electrons. The number of oxazole rings is 1. The summed E-state index contributed by atoms with van der Waals surface area (Å²) in [5, 5.41) is 0. The Morgan fingerprint density at radius 2 is 1.83 bits per heavy atom. The van der Waals surface area contributed by atoms with Crippen molar-refractivity contribution in [2.24, 2.45) is 7.05 Å². The fourth-order valence-corrected chi connectivity index (χ4v) is 6.16. The minimum absolute atomic E-state index is 0.0500. The third-order valence-corrected chi connectivity index (χ3v) is 8.69. The second kappa shape index (κ2) is 10.7. The highest BCUT2D eigenvalue weighted by atomic mass is 32.2. The molecule has 1 aromatic heterocycles. The molecule has 0 unspecified atom stereocenters. The van der Waals surface area contributed by atoms with Gasteiger partial charge in [-0.1, -0.05) is 12.1 Å². The van der Waals surface area contributed by atoms with Crippen LogP contribution in [-0.2, 0) is 21.9 Å². The first-order valence-corrected chi connectivity index (χ1v) is 14.7. The van der Waals surface area contributed by atoms with E-state index in [1.165, 1.54) is 39.6 Å². The summed E-state index contributed by atoms with van der Waals surface area (Å²) in [6, 6.07) is 9.73. The van der Waals surface area contributed by atoms with Gasteiger partial charge in [0.25, 0.3) is 0 Å². The van der Waals surface area contributed by atoms with Crippen LogP contribution in [0.1, 0.15) is 17.5 Å². The molecule has 1 atom stereocenters. The molecule has 0 aliphatic carbocycles. The minimum Gasteiger partial charge on any atom is -0.408 e. The van der Waals surface area contributed by atoms with Gasteiger partial charge in [0.15, 0.2) is 5.58 Å². The summed E-state index contributed by atoms with van der Waals surface area (Å²) >= 11 is 1.56. The average molecular weight is 533 g/mol. The largest absolute Gasteiger partial charge is 0.419 e. The Hall–Kier alpha value is -2.76.